The SMILES string of the molecule is Cc1cccc(C=Cc2ccc(C=Cc3ccc(C#N)cc3)cc2)c1. The molecule has 0 aliphatic heterocycles. The lowest BCUT2D eigenvalue weighted by molar-refractivity contribution is 1.46. The summed E-state index contributed by atoms with van der Waals surface area (Å²) < 4.78 is 0. The fourth-order valence-electron chi connectivity index (χ4n) is 2.55. The van der Waals surface area contributed by atoms with Gasteiger partial charge in [-0.05, 0) is 41.3 Å². The number of benzene rings is 3. The number of hydrogen-bond acceptors (Lipinski definition) is 1. The lowest BCUT2D eigenvalue weighted by Crippen LogP contribution is -1.77. The number of hydrogen-bond donors (Lipinski definition) is 0. The van der Waals surface area contributed by atoms with Gasteiger partial charge in [0.1, 0.15) is 0 Å². The number of aryl methyl sites for hydroxylation is 1. The Morgan fingerprint density at radius 2 is 1.12 bits per heavy atom. The molecule has 25 heavy (non-hydrogen) atoms. The van der Waals surface area contributed by atoms with Crippen molar-refractivity contribution in [3.05, 3.63) is 106 Å². The normalized spacial score (nSPS) is 11.0. The van der Waals surface area contributed by atoms with Crippen molar-refractivity contribution in [2.45, 2.75) is 6.92 Å². The maximum atomic E-state index is 8.82. The molecule has 0 spiro atoms. The maximum absolute atomic E-state index is 8.82. The van der Waals surface area contributed by atoms with Crippen LogP contribution in [-0.2, 0) is 0 Å². The molecule has 0 aliphatic carbocycles. The van der Waals surface area contributed by atoms with Crippen LogP contribution in [0.15, 0.2) is 72.8 Å². The van der Waals surface area contributed by atoms with Crippen LogP contribution in [0.5, 0.6) is 0 Å². The van der Waals surface area contributed by atoms with E-state index in [0.717, 1.165) is 11.1 Å². The predicted molar refractivity (Wildman–Crippen MR) is 107 cm³/mol. The fraction of sp³-hybridized carbons (Fsp3) is 0.0417. The van der Waals surface area contributed by atoms with Crippen molar-refractivity contribution in [2.75, 3.05) is 0 Å². The first-order valence-corrected chi connectivity index (χ1v) is 8.26. The third-order valence-corrected chi connectivity index (χ3v) is 3.95. The fourth-order valence-corrected chi connectivity index (χ4v) is 2.55. The summed E-state index contributed by atoms with van der Waals surface area (Å²) in [7, 11) is 0. The van der Waals surface area contributed by atoms with E-state index in [1.807, 2.05) is 24.3 Å². The maximum Gasteiger partial charge on any atom is 0.0991 e. The van der Waals surface area contributed by atoms with Crippen LogP contribution in [0.4, 0.5) is 0 Å². The van der Waals surface area contributed by atoms with Gasteiger partial charge in [0.2, 0.25) is 0 Å². The van der Waals surface area contributed by atoms with Crippen LogP contribution < -0.4 is 0 Å². The highest BCUT2D eigenvalue weighted by atomic mass is 14.2. The molecule has 0 fully saturated rings. The number of nitrogens with zero attached hydrogens (tertiary/aromatic N) is 1. The summed E-state index contributed by atoms with van der Waals surface area (Å²) in [5, 5.41) is 8.82. The molecule has 3 rings (SSSR count). The smallest absolute Gasteiger partial charge is 0.0991 e. The minimum atomic E-state index is 0.682. The molecular formula is C24H19N. The monoisotopic (exact) mass is 321 g/mol. The van der Waals surface area contributed by atoms with Crippen molar-refractivity contribution in [3.63, 3.8) is 0 Å². The van der Waals surface area contributed by atoms with E-state index in [1.165, 1.54) is 16.7 Å². The molecule has 3 aromatic carbocycles. The van der Waals surface area contributed by atoms with Crippen LogP contribution in [0.1, 0.15) is 33.4 Å². The zero-order chi connectivity index (χ0) is 17.5. The van der Waals surface area contributed by atoms with Gasteiger partial charge in [-0.1, -0.05) is 90.5 Å². The van der Waals surface area contributed by atoms with Crippen LogP contribution in [0.3, 0.4) is 0 Å². The Morgan fingerprint density at radius 3 is 1.60 bits per heavy atom. The molecule has 1 heteroatoms. The van der Waals surface area contributed by atoms with E-state index in [-0.39, 0.29) is 0 Å². The molecule has 0 N–H and O–H groups in total. The Bertz CT molecular complexity index is 937. The Hall–Kier alpha value is -3.37. The summed E-state index contributed by atoms with van der Waals surface area (Å²) in [5.74, 6) is 0. The summed E-state index contributed by atoms with van der Waals surface area (Å²) in [6.07, 6.45) is 8.39. The average molecular weight is 321 g/mol. The molecule has 1 nitrogen and oxygen atoms in total. The van der Waals surface area contributed by atoms with Gasteiger partial charge in [0.25, 0.3) is 0 Å². The van der Waals surface area contributed by atoms with Crippen LogP contribution in [-0.4, -0.2) is 0 Å². The van der Waals surface area contributed by atoms with Crippen molar-refractivity contribution in [3.8, 4) is 6.07 Å². The zero-order valence-electron chi connectivity index (χ0n) is 14.2. The molecule has 0 saturated carbocycles. The van der Waals surface area contributed by atoms with E-state index in [4.69, 9.17) is 5.26 Å². The van der Waals surface area contributed by atoms with Gasteiger partial charge in [0, 0.05) is 0 Å². The lowest BCUT2D eigenvalue weighted by Gasteiger charge is -1.98. The third kappa shape index (κ3) is 4.80. The standard InChI is InChI=1S/C24H19N/c1-19-3-2-4-23(17-19)14-11-21-8-5-20(6-9-21)7-10-22-12-15-24(18-25)16-13-22/h2-17H,1H3. The van der Waals surface area contributed by atoms with Crippen molar-refractivity contribution < 1.29 is 0 Å². The quantitative estimate of drug-likeness (QED) is 0.524. The second-order valence-electron chi connectivity index (χ2n) is 5.98. The van der Waals surface area contributed by atoms with E-state index in [2.05, 4.69) is 85.8 Å². The molecular weight excluding hydrogens is 302 g/mol. The molecule has 0 unspecified atom stereocenters. The molecule has 0 amide bonds. The molecule has 0 aliphatic rings. The van der Waals surface area contributed by atoms with E-state index in [0.29, 0.717) is 5.56 Å². The second kappa shape index (κ2) is 7.95. The van der Waals surface area contributed by atoms with Gasteiger partial charge in [0.15, 0.2) is 0 Å². The lowest BCUT2D eigenvalue weighted by atomic mass is 10.1. The van der Waals surface area contributed by atoms with E-state index < -0.39 is 0 Å². The van der Waals surface area contributed by atoms with Gasteiger partial charge >= 0.3 is 0 Å². The van der Waals surface area contributed by atoms with Gasteiger partial charge in [0.05, 0.1) is 11.6 Å². The molecule has 0 bridgehead atoms. The first kappa shape index (κ1) is 16.5. The summed E-state index contributed by atoms with van der Waals surface area (Å²) in [6.45, 7) is 2.10. The highest BCUT2D eigenvalue weighted by molar-refractivity contribution is 5.73. The highest BCUT2D eigenvalue weighted by Gasteiger charge is 1.92. The van der Waals surface area contributed by atoms with Crippen molar-refractivity contribution >= 4 is 24.3 Å². The molecule has 0 saturated heterocycles. The Balaban J connectivity index is 1.67. The van der Waals surface area contributed by atoms with Gasteiger partial charge in [-0.15, -0.1) is 0 Å². The average Bonchev–Trinajstić information content (AvgIpc) is 2.66. The molecule has 120 valence electrons. The van der Waals surface area contributed by atoms with Crippen LogP contribution in [0, 0.1) is 18.3 Å². The highest BCUT2D eigenvalue weighted by Crippen LogP contribution is 2.13. The second-order valence-corrected chi connectivity index (χ2v) is 5.98. The first-order chi connectivity index (χ1) is 12.2. The van der Waals surface area contributed by atoms with Crippen molar-refractivity contribution in [2.24, 2.45) is 0 Å². The molecule has 0 atom stereocenters. The zero-order valence-corrected chi connectivity index (χ0v) is 14.2. The number of nitriles is 1. The van der Waals surface area contributed by atoms with E-state index >= 15 is 0 Å². The molecule has 3 aromatic rings. The predicted octanol–water partition coefficient (Wildman–Crippen LogP) is 6.21. The summed E-state index contributed by atoms with van der Waals surface area (Å²) >= 11 is 0. The minimum absolute atomic E-state index is 0.682. The largest absolute Gasteiger partial charge is 0.192 e. The molecule has 0 heterocycles. The molecule has 0 radical (unpaired) electrons. The van der Waals surface area contributed by atoms with Crippen LogP contribution >= 0.6 is 0 Å². The van der Waals surface area contributed by atoms with Gasteiger partial charge < -0.3 is 0 Å². The van der Waals surface area contributed by atoms with E-state index in [9.17, 15) is 0 Å². The summed E-state index contributed by atoms with van der Waals surface area (Å²) in [6, 6.07) is 26.6. The van der Waals surface area contributed by atoms with Crippen LogP contribution in [0.25, 0.3) is 24.3 Å². The first-order valence-electron chi connectivity index (χ1n) is 8.26. The van der Waals surface area contributed by atoms with Gasteiger partial charge in [-0.25, -0.2) is 0 Å². The topological polar surface area (TPSA) is 23.8 Å². The van der Waals surface area contributed by atoms with Gasteiger partial charge in [-0.3, -0.25) is 0 Å². The Morgan fingerprint density at radius 1 is 0.640 bits per heavy atom. The third-order valence-electron chi connectivity index (χ3n) is 3.95. The summed E-state index contributed by atoms with van der Waals surface area (Å²) in [5.41, 5.74) is 6.58. The minimum Gasteiger partial charge on any atom is -0.192 e. The molecule has 0 aromatic heterocycles. The van der Waals surface area contributed by atoms with Crippen molar-refractivity contribution in [1.82, 2.24) is 0 Å². The Kier molecular flexibility index (Phi) is 5.24. The van der Waals surface area contributed by atoms with E-state index in [1.54, 1.807) is 0 Å². The summed E-state index contributed by atoms with van der Waals surface area (Å²) in [4.78, 5) is 0. The Labute approximate surface area is 149 Å². The van der Waals surface area contributed by atoms with Crippen LogP contribution in [0.2, 0.25) is 0 Å². The number of rotatable bonds is 4. The van der Waals surface area contributed by atoms with Gasteiger partial charge in [-0.2, -0.15) is 5.26 Å². The van der Waals surface area contributed by atoms with Crippen molar-refractivity contribution in [1.29, 1.82) is 5.26 Å².